The highest BCUT2D eigenvalue weighted by Gasteiger charge is 2.14. The van der Waals surface area contributed by atoms with E-state index >= 15 is 0 Å². The number of hydrogen-bond acceptors (Lipinski definition) is 1. The lowest BCUT2D eigenvalue weighted by Crippen LogP contribution is -2.05. The molecular formula is C14H10BrF2IO. The number of rotatable bonds is 3. The van der Waals surface area contributed by atoms with Crippen LogP contribution in [0.4, 0.5) is 8.78 Å². The first-order valence-electron chi connectivity index (χ1n) is 5.54. The van der Waals surface area contributed by atoms with Crippen LogP contribution in [0.5, 0.6) is 0 Å². The van der Waals surface area contributed by atoms with Crippen LogP contribution in [-0.4, -0.2) is 5.11 Å². The normalized spacial score (nSPS) is 12.5. The Morgan fingerprint density at radius 2 is 1.74 bits per heavy atom. The van der Waals surface area contributed by atoms with Crippen LogP contribution in [0.2, 0.25) is 0 Å². The second kappa shape index (κ2) is 6.28. The average molecular weight is 439 g/mol. The molecule has 0 aliphatic heterocycles. The van der Waals surface area contributed by atoms with Gasteiger partial charge in [0.2, 0.25) is 0 Å². The van der Waals surface area contributed by atoms with Gasteiger partial charge in [-0.25, -0.2) is 8.78 Å². The molecule has 0 fully saturated rings. The quantitative estimate of drug-likeness (QED) is 0.694. The van der Waals surface area contributed by atoms with Gasteiger partial charge in [-0.05, 0) is 64.0 Å². The standard InChI is InChI=1S/C14H10BrF2IO/c15-12-4-2-9(16)5-8(12)6-14(19)11-3-1-10(17)7-13(11)18/h1-5,7,14,19H,6H2. The van der Waals surface area contributed by atoms with E-state index in [2.05, 4.69) is 15.9 Å². The van der Waals surface area contributed by atoms with Gasteiger partial charge >= 0.3 is 0 Å². The Labute approximate surface area is 131 Å². The predicted molar refractivity (Wildman–Crippen MR) is 81.9 cm³/mol. The molecule has 100 valence electrons. The third kappa shape index (κ3) is 3.73. The van der Waals surface area contributed by atoms with Crippen molar-refractivity contribution in [1.82, 2.24) is 0 Å². The molecule has 1 nitrogen and oxygen atoms in total. The molecule has 1 N–H and O–H groups in total. The molecule has 0 bridgehead atoms. The summed E-state index contributed by atoms with van der Waals surface area (Å²) in [6.07, 6.45) is -0.537. The van der Waals surface area contributed by atoms with Gasteiger partial charge in [0.15, 0.2) is 0 Å². The molecule has 1 atom stereocenters. The lowest BCUT2D eigenvalue weighted by Gasteiger charge is -2.14. The number of benzene rings is 2. The van der Waals surface area contributed by atoms with Crippen LogP contribution in [0.15, 0.2) is 40.9 Å². The summed E-state index contributed by atoms with van der Waals surface area (Å²) < 4.78 is 27.6. The maximum atomic E-state index is 13.2. The highest BCUT2D eigenvalue weighted by molar-refractivity contribution is 14.1. The third-order valence-corrected chi connectivity index (χ3v) is 4.45. The molecule has 0 heterocycles. The SMILES string of the molecule is OC(Cc1cc(F)ccc1Br)c1ccc(F)cc1I. The van der Waals surface area contributed by atoms with Crippen molar-refractivity contribution in [2.75, 3.05) is 0 Å². The Hall–Kier alpha value is -0.530. The zero-order valence-electron chi connectivity index (χ0n) is 9.71. The molecular weight excluding hydrogens is 429 g/mol. The van der Waals surface area contributed by atoms with E-state index in [-0.39, 0.29) is 18.1 Å². The van der Waals surface area contributed by atoms with Crippen molar-refractivity contribution in [3.63, 3.8) is 0 Å². The molecule has 0 aromatic heterocycles. The second-order valence-corrected chi connectivity index (χ2v) is 6.14. The van der Waals surface area contributed by atoms with Gasteiger partial charge in [0.1, 0.15) is 11.6 Å². The van der Waals surface area contributed by atoms with Crippen molar-refractivity contribution in [1.29, 1.82) is 0 Å². The van der Waals surface area contributed by atoms with E-state index < -0.39 is 6.10 Å². The van der Waals surface area contributed by atoms with Crippen molar-refractivity contribution >= 4 is 38.5 Å². The van der Waals surface area contributed by atoms with Gasteiger partial charge in [0.05, 0.1) is 6.10 Å². The summed E-state index contributed by atoms with van der Waals surface area (Å²) >= 11 is 5.30. The molecule has 2 aromatic carbocycles. The number of aliphatic hydroxyl groups excluding tert-OH is 1. The van der Waals surface area contributed by atoms with Crippen LogP contribution in [0, 0.1) is 15.2 Å². The van der Waals surface area contributed by atoms with Gasteiger partial charge in [0, 0.05) is 14.5 Å². The van der Waals surface area contributed by atoms with Gasteiger partial charge in [-0.3, -0.25) is 0 Å². The first-order chi connectivity index (χ1) is 8.97. The molecule has 19 heavy (non-hydrogen) atoms. The first kappa shape index (κ1) is 14.9. The van der Waals surface area contributed by atoms with Crippen LogP contribution in [0.1, 0.15) is 17.2 Å². The highest BCUT2D eigenvalue weighted by atomic mass is 127. The summed E-state index contributed by atoms with van der Waals surface area (Å²) in [7, 11) is 0. The molecule has 0 spiro atoms. The average Bonchev–Trinajstić information content (AvgIpc) is 2.33. The van der Waals surface area contributed by atoms with E-state index in [0.717, 1.165) is 4.47 Å². The Bertz CT molecular complexity index is 604. The topological polar surface area (TPSA) is 20.2 Å². The van der Waals surface area contributed by atoms with E-state index in [1.54, 1.807) is 12.1 Å². The molecule has 0 aliphatic rings. The minimum atomic E-state index is -0.800. The summed E-state index contributed by atoms with van der Waals surface area (Å²) in [6, 6.07) is 8.55. The van der Waals surface area contributed by atoms with Crippen molar-refractivity contribution in [2.24, 2.45) is 0 Å². The molecule has 1 unspecified atom stereocenters. The van der Waals surface area contributed by atoms with Crippen molar-refractivity contribution < 1.29 is 13.9 Å². The van der Waals surface area contributed by atoms with Crippen molar-refractivity contribution in [3.8, 4) is 0 Å². The maximum absolute atomic E-state index is 13.2. The smallest absolute Gasteiger partial charge is 0.124 e. The van der Waals surface area contributed by atoms with Gasteiger partial charge in [-0.15, -0.1) is 0 Å². The van der Waals surface area contributed by atoms with Crippen LogP contribution in [-0.2, 0) is 6.42 Å². The van der Waals surface area contributed by atoms with Crippen LogP contribution in [0.25, 0.3) is 0 Å². The lowest BCUT2D eigenvalue weighted by molar-refractivity contribution is 0.177. The molecule has 5 heteroatoms. The fourth-order valence-electron chi connectivity index (χ4n) is 1.79. The molecule has 0 amide bonds. The van der Waals surface area contributed by atoms with Gasteiger partial charge in [-0.1, -0.05) is 22.0 Å². The Kier molecular flexibility index (Phi) is 4.92. The predicted octanol–water partition coefficient (Wildman–Crippen LogP) is 4.61. The van der Waals surface area contributed by atoms with Gasteiger partial charge in [-0.2, -0.15) is 0 Å². The van der Waals surface area contributed by atoms with Crippen LogP contribution >= 0.6 is 38.5 Å². The molecule has 0 saturated heterocycles. The summed E-state index contributed by atoms with van der Waals surface area (Å²) in [6.45, 7) is 0. The van der Waals surface area contributed by atoms with Crippen molar-refractivity contribution in [3.05, 3.63) is 67.2 Å². The molecule has 0 saturated carbocycles. The molecule has 2 rings (SSSR count). The van der Waals surface area contributed by atoms with E-state index in [0.29, 0.717) is 14.7 Å². The summed E-state index contributed by atoms with van der Waals surface area (Å²) in [5.41, 5.74) is 1.31. The first-order valence-corrected chi connectivity index (χ1v) is 7.41. The fourth-order valence-corrected chi connectivity index (χ4v) is 3.03. The zero-order chi connectivity index (χ0) is 14.0. The van der Waals surface area contributed by atoms with E-state index in [9.17, 15) is 13.9 Å². The molecule has 2 aromatic rings. The lowest BCUT2D eigenvalue weighted by atomic mass is 10.0. The van der Waals surface area contributed by atoms with Crippen LogP contribution in [0.3, 0.4) is 0 Å². The summed E-state index contributed by atoms with van der Waals surface area (Å²) in [4.78, 5) is 0. The molecule has 0 radical (unpaired) electrons. The molecule has 0 aliphatic carbocycles. The van der Waals surface area contributed by atoms with E-state index in [4.69, 9.17) is 0 Å². The number of aliphatic hydroxyl groups is 1. The van der Waals surface area contributed by atoms with E-state index in [1.807, 2.05) is 22.6 Å². The Balaban J connectivity index is 2.25. The number of halogens is 4. The largest absolute Gasteiger partial charge is 0.388 e. The van der Waals surface area contributed by atoms with Gasteiger partial charge < -0.3 is 5.11 Å². The minimum Gasteiger partial charge on any atom is -0.388 e. The van der Waals surface area contributed by atoms with E-state index in [1.165, 1.54) is 24.3 Å². The summed E-state index contributed by atoms with van der Waals surface area (Å²) in [5.74, 6) is -0.688. The maximum Gasteiger partial charge on any atom is 0.124 e. The monoisotopic (exact) mass is 438 g/mol. The number of hydrogen-bond donors (Lipinski definition) is 1. The second-order valence-electron chi connectivity index (χ2n) is 4.12. The third-order valence-electron chi connectivity index (χ3n) is 2.74. The zero-order valence-corrected chi connectivity index (χ0v) is 13.5. The van der Waals surface area contributed by atoms with Crippen LogP contribution < -0.4 is 0 Å². The minimum absolute atomic E-state index is 0.264. The highest BCUT2D eigenvalue weighted by Crippen LogP contribution is 2.27. The van der Waals surface area contributed by atoms with Crippen molar-refractivity contribution in [2.45, 2.75) is 12.5 Å². The Morgan fingerprint density at radius 3 is 2.42 bits per heavy atom. The summed E-state index contributed by atoms with van der Waals surface area (Å²) in [5, 5.41) is 10.2. The fraction of sp³-hybridized carbons (Fsp3) is 0.143. The Morgan fingerprint density at radius 1 is 1.11 bits per heavy atom. The van der Waals surface area contributed by atoms with Gasteiger partial charge in [0.25, 0.3) is 0 Å².